The Hall–Kier alpha value is -1.07. The van der Waals surface area contributed by atoms with Crippen molar-refractivity contribution in [3.8, 4) is 0 Å². The summed E-state index contributed by atoms with van der Waals surface area (Å²) < 4.78 is 7.23. The molecule has 0 amide bonds. The van der Waals surface area contributed by atoms with E-state index < -0.39 is 0 Å². The van der Waals surface area contributed by atoms with Gasteiger partial charge in [-0.3, -0.25) is 0 Å². The van der Waals surface area contributed by atoms with Crippen LogP contribution in [0.5, 0.6) is 0 Å². The Morgan fingerprint density at radius 2 is 2.40 bits per heavy atom. The molecule has 0 saturated carbocycles. The number of ether oxygens (including phenoxy) is 1. The molecule has 1 atom stereocenters. The highest BCUT2D eigenvalue weighted by molar-refractivity contribution is 5.30. The van der Waals surface area contributed by atoms with E-state index in [0.717, 1.165) is 12.5 Å². The van der Waals surface area contributed by atoms with Gasteiger partial charge in [-0.1, -0.05) is 0 Å². The lowest BCUT2D eigenvalue weighted by molar-refractivity contribution is 0.162. The van der Waals surface area contributed by atoms with Crippen LogP contribution < -0.4 is 10.6 Å². The summed E-state index contributed by atoms with van der Waals surface area (Å²) in [5, 5.41) is 0. The first kappa shape index (κ1) is 12.0. The third-order valence-electron chi connectivity index (χ3n) is 2.34. The monoisotopic (exact) mass is 212 g/mol. The van der Waals surface area contributed by atoms with E-state index in [4.69, 9.17) is 10.5 Å². The minimum atomic E-state index is 0.285. The van der Waals surface area contributed by atoms with Gasteiger partial charge in [0, 0.05) is 39.6 Å². The topological polar surface area (TPSA) is 56.3 Å². The fourth-order valence-corrected chi connectivity index (χ4v) is 1.56. The van der Waals surface area contributed by atoms with Crippen LogP contribution in [0.4, 0.5) is 5.95 Å². The zero-order valence-electron chi connectivity index (χ0n) is 9.68. The first-order valence-corrected chi connectivity index (χ1v) is 5.13. The van der Waals surface area contributed by atoms with Gasteiger partial charge in [0.1, 0.15) is 0 Å². The standard InChI is InChI=1S/C10H20N4O/c1-9(8-15-3)14-7-5-12-10(14)13(2)6-4-11/h5,7,9H,4,6,8,11H2,1-3H3. The number of nitrogens with zero attached hydrogens (tertiary/aromatic N) is 3. The number of likely N-dealkylation sites (N-methyl/N-ethyl adjacent to an activating group) is 1. The molecule has 0 radical (unpaired) electrons. The molecule has 1 aromatic rings. The first-order chi connectivity index (χ1) is 7.20. The molecule has 5 nitrogen and oxygen atoms in total. The number of methoxy groups -OCH3 is 1. The van der Waals surface area contributed by atoms with E-state index in [1.165, 1.54) is 0 Å². The summed E-state index contributed by atoms with van der Waals surface area (Å²) in [6.45, 7) is 4.21. The van der Waals surface area contributed by atoms with Crippen LogP contribution in [0.1, 0.15) is 13.0 Å². The third kappa shape index (κ3) is 2.94. The summed E-state index contributed by atoms with van der Waals surface area (Å²) in [7, 11) is 3.70. The van der Waals surface area contributed by atoms with Gasteiger partial charge < -0.3 is 19.9 Å². The fraction of sp³-hybridized carbons (Fsp3) is 0.700. The van der Waals surface area contributed by atoms with E-state index in [1.807, 2.05) is 18.1 Å². The molecule has 0 aromatic carbocycles. The molecule has 1 unspecified atom stereocenters. The molecule has 0 aliphatic heterocycles. The summed E-state index contributed by atoms with van der Waals surface area (Å²) in [4.78, 5) is 6.36. The smallest absolute Gasteiger partial charge is 0.205 e. The summed E-state index contributed by atoms with van der Waals surface area (Å²) in [6.07, 6.45) is 3.76. The van der Waals surface area contributed by atoms with Crippen molar-refractivity contribution < 1.29 is 4.74 Å². The van der Waals surface area contributed by atoms with Crippen LogP contribution >= 0.6 is 0 Å². The van der Waals surface area contributed by atoms with Crippen molar-refractivity contribution in [2.75, 3.05) is 38.8 Å². The van der Waals surface area contributed by atoms with Crippen molar-refractivity contribution in [2.45, 2.75) is 13.0 Å². The zero-order valence-corrected chi connectivity index (χ0v) is 9.68. The van der Waals surface area contributed by atoms with Gasteiger partial charge in [-0.15, -0.1) is 0 Å². The molecule has 0 aliphatic carbocycles. The van der Waals surface area contributed by atoms with Crippen molar-refractivity contribution in [2.24, 2.45) is 5.73 Å². The van der Waals surface area contributed by atoms with Gasteiger partial charge in [0.15, 0.2) is 0 Å². The Bertz CT molecular complexity index is 260. The third-order valence-corrected chi connectivity index (χ3v) is 2.34. The lowest BCUT2D eigenvalue weighted by Gasteiger charge is -2.22. The van der Waals surface area contributed by atoms with Gasteiger partial charge >= 0.3 is 0 Å². The second-order valence-electron chi connectivity index (χ2n) is 3.65. The second kappa shape index (κ2) is 5.72. The molecular formula is C10H20N4O. The number of aromatic nitrogens is 2. The second-order valence-corrected chi connectivity index (χ2v) is 3.65. The van der Waals surface area contributed by atoms with Crippen molar-refractivity contribution in [1.82, 2.24) is 9.55 Å². The van der Waals surface area contributed by atoms with E-state index in [2.05, 4.69) is 16.5 Å². The van der Waals surface area contributed by atoms with Gasteiger partial charge in [0.05, 0.1) is 12.6 Å². The molecule has 0 aliphatic rings. The molecular weight excluding hydrogens is 192 g/mol. The van der Waals surface area contributed by atoms with Crippen LogP contribution in [0.25, 0.3) is 0 Å². The molecule has 86 valence electrons. The Balaban J connectivity index is 2.76. The minimum absolute atomic E-state index is 0.285. The number of hydrogen-bond donors (Lipinski definition) is 1. The van der Waals surface area contributed by atoms with Crippen LogP contribution in [0, 0.1) is 0 Å². The molecule has 0 bridgehead atoms. The molecule has 0 fully saturated rings. The summed E-state index contributed by atoms with van der Waals surface area (Å²) in [5.41, 5.74) is 5.52. The van der Waals surface area contributed by atoms with Crippen LogP contribution in [0.3, 0.4) is 0 Å². The van der Waals surface area contributed by atoms with Gasteiger partial charge in [0.2, 0.25) is 5.95 Å². The van der Waals surface area contributed by atoms with Gasteiger partial charge in [0.25, 0.3) is 0 Å². The van der Waals surface area contributed by atoms with Crippen LogP contribution in [-0.4, -0.2) is 43.4 Å². The Morgan fingerprint density at radius 3 is 3.00 bits per heavy atom. The number of anilines is 1. The van der Waals surface area contributed by atoms with E-state index in [9.17, 15) is 0 Å². The Morgan fingerprint density at radius 1 is 1.67 bits per heavy atom. The normalized spacial score (nSPS) is 12.8. The highest BCUT2D eigenvalue weighted by Gasteiger charge is 2.12. The minimum Gasteiger partial charge on any atom is -0.383 e. The molecule has 1 aromatic heterocycles. The van der Waals surface area contributed by atoms with Gasteiger partial charge in [-0.2, -0.15) is 0 Å². The van der Waals surface area contributed by atoms with E-state index >= 15 is 0 Å². The molecule has 1 heterocycles. The molecule has 0 saturated heterocycles. The number of hydrogen-bond acceptors (Lipinski definition) is 4. The molecule has 5 heteroatoms. The summed E-state index contributed by atoms with van der Waals surface area (Å²) in [5.74, 6) is 0.935. The predicted octanol–water partition coefficient (Wildman–Crippen LogP) is 0.485. The largest absolute Gasteiger partial charge is 0.383 e. The predicted molar refractivity (Wildman–Crippen MR) is 61.1 cm³/mol. The van der Waals surface area contributed by atoms with Gasteiger partial charge in [-0.05, 0) is 6.92 Å². The number of nitrogens with two attached hydrogens (primary N) is 1. The Kier molecular flexibility index (Phi) is 4.58. The van der Waals surface area contributed by atoms with Crippen LogP contribution in [0.2, 0.25) is 0 Å². The van der Waals surface area contributed by atoms with Crippen molar-refractivity contribution >= 4 is 5.95 Å². The maximum atomic E-state index is 5.52. The highest BCUT2D eigenvalue weighted by Crippen LogP contribution is 2.16. The molecule has 0 spiro atoms. The number of imidazole rings is 1. The van der Waals surface area contributed by atoms with Crippen molar-refractivity contribution in [3.63, 3.8) is 0 Å². The van der Waals surface area contributed by atoms with Gasteiger partial charge in [-0.25, -0.2) is 4.98 Å². The summed E-state index contributed by atoms with van der Waals surface area (Å²) in [6, 6.07) is 0.285. The highest BCUT2D eigenvalue weighted by atomic mass is 16.5. The quantitative estimate of drug-likeness (QED) is 0.745. The fourth-order valence-electron chi connectivity index (χ4n) is 1.56. The summed E-state index contributed by atoms with van der Waals surface area (Å²) >= 11 is 0. The average molecular weight is 212 g/mol. The molecule has 2 N–H and O–H groups in total. The lowest BCUT2D eigenvalue weighted by atomic mass is 10.3. The van der Waals surface area contributed by atoms with Crippen LogP contribution in [-0.2, 0) is 4.74 Å². The maximum absolute atomic E-state index is 5.52. The van der Waals surface area contributed by atoms with E-state index in [0.29, 0.717) is 13.2 Å². The lowest BCUT2D eigenvalue weighted by Crippen LogP contribution is -2.28. The SMILES string of the molecule is COCC(C)n1ccnc1N(C)CCN. The maximum Gasteiger partial charge on any atom is 0.205 e. The molecule has 15 heavy (non-hydrogen) atoms. The number of rotatable bonds is 6. The van der Waals surface area contributed by atoms with Crippen molar-refractivity contribution in [1.29, 1.82) is 0 Å². The van der Waals surface area contributed by atoms with Crippen LogP contribution in [0.15, 0.2) is 12.4 Å². The zero-order chi connectivity index (χ0) is 11.3. The van der Waals surface area contributed by atoms with Crippen molar-refractivity contribution in [3.05, 3.63) is 12.4 Å². The molecule has 1 rings (SSSR count). The average Bonchev–Trinajstić information content (AvgIpc) is 2.66. The van der Waals surface area contributed by atoms with E-state index in [1.54, 1.807) is 13.3 Å². The Labute approximate surface area is 90.8 Å². The first-order valence-electron chi connectivity index (χ1n) is 5.13. The van der Waals surface area contributed by atoms with E-state index in [-0.39, 0.29) is 6.04 Å².